The fraction of sp³-hybridized carbons (Fsp3) is 0.259. The minimum absolute atomic E-state index is 0.570. The summed E-state index contributed by atoms with van der Waals surface area (Å²) in [6.07, 6.45) is 3.80. The van der Waals surface area contributed by atoms with Crippen molar-refractivity contribution in [2.24, 2.45) is 0 Å². The van der Waals surface area contributed by atoms with E-state index in [0.29, 0.717) is 5.92 Å². The van der Waals surface area contributed by atoms with Gasteiger partial charge in [0.05, 0.1) is 11.6 Å². The van der Waals surface area contributed by atoms with Gasteiger partial charge in [-0.25, -0.2) is 0 Å². The Morgan fingerprint density at radius 2 is 1.52 bits per heavy atom. The number of hydrogen-bond acceptors (Lipinski definition) is 2. The fourth-order valence-electron chi connectivity index (χ4n) is 3.62. The average molecular weight is 383 g/mol. The van der Waals surface area contributed by atoms with Crippen molar-refractivity contribution < 1.29 is 0 Å². The molecule has 0 radical (unpaired) electrons. The predicted molar refractivity (Wildman–Crippen MR) is 125 cm³/mol. The molecule has 1 heterocycles. The summed E-state index contributed by atoms with van der Waals surface area (Å²) in [5.41, 5.74) is 4.66. The molecule has 4 rings (SSSR count). The highest BCUT2D eigenvalue weighted by molar-refractivity contribution is 5.87. The maximum atomic E-state index is 8.83. The lowest BCUT2D eigenvalue weighted by atomic mass is 9.93. The third-order valence-electron chi connectivity index (χ3n) is 4.98. The zero-order valence-corrected chi connectivity index (χ0v) is 18.3. The van der Waals surface area contributed by atoms with Crippen LogP contribution in [0.3, 0.4) is 0 Å². The highest BCUT2D eigenvalue weighted by Gasteiger charge is 2.07. The van der Waals surface area contributed by atoms with E-state index in [1.54, 1.807) is 0 Å². The van der Waals surface area contributed by atoms with Gasteiger partial charge in [-0.15, -0.1) is 0 Å². The maximum Gasteiger partial charge on any atom is 0.0994 e. The van der Waals surface area contributed by atoms with E-state index in [4.69, 9.17) is 5.26 Å². The van der Waals surface area contributed by atoms with Gasteiger partial charge in [-0.2, -0.15) is 5.26 Å². The van der Waals surface area contributed by atoms with Crippen LogP contribution in [0, 0.1) is 25.2 Å². The molecule has 0 N–H and O–H groups in total. The Labute approximate surface area is 174 Å². The zero-order valence-electron chi connectivity index (χ0n) is 18.3. The second kappa shape index (κ2) is 10.4. The van der Waals surface area contributed by atoms with Crippen molar-refractivity contribution in [3.05, 3.63) is 89.2 Å². The van der Waals surface area contributed by atoms with E-state index in [-0.39, 0.29) is 0 Å². The van der Waals surface area contributed by atoms with Crippen molar-refractivity contribution in [3.8, 4) is 6.07 Å². The molecule has 0 amide bonds. The molecule has 0 saturated carbocycles. The van der Waals surface area contributed by atoms with Crippen LogP contribution in [0.4, 0.5) is 0 Å². The molecular formula is C27H30N2. The average Bonchev–Trinajstić information content (AvgIpc) is 2.76. The molecule has 29 heavy (non-hydrogen) atoms. The Bertz CT molecular complexity index is 1130. The van der Waals surface area contributed by atoms with Gasteiger partial charge in [0.1, 0.15) is 0 Å². The van der Waals surface area contributed by atoms with Gasteiger partial charge in [0, 0.05) is 17.8 Å². The summed E-state index contributed by atoms with van der Waals surface area (Å²) in [5, 5.41) is 13.8. The van der Waals surface area contributed by atoms with Crippen LogP contribution in [0.25, 0.3) is 21.5 Å². The van der Waals surface area contributed by atoms with Gasteiger partial charge in [-0.3, -0.25) is 4.98 Å². The Morgan fingerprint density at radius 1 is 0.828 bits per heavy atom. The molecule has 2 nitrogen and oxygen atoms in total. The Balaban J connectivity index is 0.000000191. The van der Waals surface area contributed by atoms with Gasteiger partial charge in [0.2, 0.25) is 0 Å². The quantitative estimate of drug-likeness (QED) is 0.338. The lowest BCUT2D eigenvalue weighted by Crippen LogP contribution is -1.93. The molecule has 0 fully saturated rings. The number of fused-ring (bicyclic) bond motifs is 2. The van der Waals surface area contributed by atoms with Crippen molar-refractivity contribution in [2.75, 3.05) is 0 Å². The summed E-state index contributed by atoms with van der Waals surface area (Å²) in [5.74, 6) is 0.570. The first-order chi connectivity index (χ1) is 14.0. The molecule has 0 saturated heterocycles. The summed E-state index contributed by atoms with van der Waals surface area (Å²) in [7, 11) is 0. The highest BCUT2D eigenvalue weighted by Crippen LogP contribution is 2.27. The van der Waals surface area contributed by atoms with Crippen LogP contribution in [0.2, 0.25) is 0 Å². The van der Waals surface area contributed by atoms with Crippen LogP contribution < -0.4 is 0 Å². The number of aromatic nitrogens is 1. The lowest BCUT2D eigenvalue weighted by Gasteiger charge is -2.12. The largest absolute Gasteiger partial charge is 0.264 e. The number of pyridine rings is 1. The SMILES string of the molecule is CC.Cc1c(C#N)ccc2ccccc12.Cc1ccc2cnccc2c1C(C)C. The van der Waals surface area contributed by atoms with E-state index < -0.39 is 0 Å². The summed E-state index contributed by atoms with van der Waals surface area (Å²) in [6, 6.07) is 20.6. The second-order valence-electron chi connectivity index (χ2n) is 7.12. The van der Waals surface area contributed by atoms with E-state index in [0.717, 1.165) is 11.1 Å². The van der Waals surface area contributed by atoms with Crippen molar-refractivity contribution in [1.29, 1.82) is 5.26 Å². The molecule has 2 heteroatoms. The van der Waals surface area contributed by atoms with Crippen LogP contribution in [0.5, 0.6) is 0 Å². The monoisotopic (exact) mass is 382 g/mol. The van der Waals surface area contributed by atoms with Gasteiger partial charge < -0.3 is 0 Å². The molecule has 0 bridgehead atoms. The number of nitriles is 1. The van der Waals surface area contributed by atoms with Gasteiger partial charge in [-0.1, -0.05) is 70.2 Å². The molecule has 0 aliphatic rings. The van der Waals surface area contributed by atoms with Crippen molar-refractivity contribution >= 4 is 21.5 Å². The first-order valence-electron chi connectivity index (χ1n) is 10.2. The molecule has 4 aromatic rings. The van der Waals surface area contributed by atoms with E-state index >= 15 is 0 Å². The predicted octanol–water partition coefficient (Wildman–Crippen LogP) is 7.71. The Morgan fingerprint density at radius 3 is 2.21 bits per heavy atom. The summed E-state index contributed by atoms with van der Waals surface area (Å²) in [4.78, 5) is 4.14. The molecule has 148 valence electrons. The molecule has 0 spiro atoms. The van der Waals surface area contributed by atoms with Crippen LogP contribution in [-0.4, -0.2) is 4.98 Å². The number of hydrogen-bond donors (Lipinski definition) is 0. The molecular weight excluding hydrogens is 352 g/mol. The number of nitrogens with zero attached hydrogens (tertiary/aromatic N) is 2. The standard InChI is InChI=1S/C13H15N.C12H9N.C2H6/c1-9(2)13-10(3)4-5-11-8-14-7-6-12(11)13;1-9-11(8-13)7-6-10-4-2-3-5-12(9)10;1-2/h4-9H,1-3H3;2-7H,1H3;1-2H3. The van der Waals surface area contributed by atoms with Crippen LogP contribution in [-0.2, 0) is 0 Å². The Kier molecular flexibility index (Phi) is 7.92. The van der Waals surface area contributed by atoms with Gasteiger partial charge in [-0.05, 0) is 64.7 Å². The molecule has 0 atom stereocenters. The highest BCUT2D eigenvalue weighted by atomic mass is 14.6. The van der Waals surface area contributed by atoms with Gasteiger partial charge in [0.15, 0.2) is 0 Å². The lowest BCUT2D eigenvalue weighted by molar-refractivity contribution is 0.866. The van der Waals surface area contributed by atoms with E-state index in [9.17, 15) is 0 Å². The van der Waals surface area contributed by atoms with E-state index in [2.05, 4.69) is 56.1 Å². The van der Waals surface area contributed by atoms with E-state index in [1.165, 1.54) is 32.7 Å². The van der Waals surface area contributed by atoms with Crippen molar-refractivity contribution in [2.45, 2.75) is 47.5 Å². The van der Waals surface area contributed by atoms with Crippen molar-refractivity contribution in [1.82, 2.24) is 4.98 Å². The summed E-state index contributed by atoms with van der Waals surface area (Å²) in [6.45, 7) is 12.6. The number of aryl methyl sites for hydroxylation is 2. The zero-order chi connectivity index (χ0) is 21.4. The maximum absolute atomic E-state index is 8.83. The molecule has 0 unspecified atom stereocenters. The van der Waals surface area contributed by atoms with Crippen LogP contribution in [0.1, 0.15) is 55.9 Å². The normalized spacial score (nSPS) is 10.0. The first-order valence-corrected chi connectivity index (χ1v) is 10.2. The number of benzene rings is 3. The third-order valence-corrected chi connectivity index (χ3v) is 4.98. The first kappa shape index (κ1) is 22.1. The minimum Gasteiger partial charge on any atom is -0.264 e. The van der Waals surface area contributed by atoms with Gasteiger partial charge in [0.25, 0.3) is 0 Å². The van der Waals surface area contributed by atoms with Crippen LogP contribution in [0.15, 0.2) is 67.0 Å². The summed E-state index contributed by atoms with van der Waals surface area (Å²) >= 11 is 0. The molecule has 1 aromatic heterocycles. The van der Waals surface area contributed by atoms with Crippen molar-refractivity contribution in [3.63, 3.8) is 0 Å². The molecule has 3 aromatic carbocycles. The number of rotatable bonds is 1. The fourth-order valence-corrected chi connectivity index (χ4v) is 3.62. The summed E-state index contributed by atoms with van der Waals surface area (Å²) < 4.78 is 0. The topological polar surface area (TPSA) is 36.7 Å². The third kappa shape index (κ3) is 5.00. The second-order valence-corrected chi connectivity index (χ2v) is 7.12. The smallest absolute Gasteiger partial charge is 0.0994 e. The van der Waals surface area contributed by atoms with Crippen LogP contribution >= 0.6 is 0 Å². The molecule has 0 aliphatic carbocycles. The van der Waals surface area contributed by atoms with E-state index in [1.807, 2.05) is 63.5 Å². The Hall–Kier alpha value is -3.18. The molecule has 0 aliphatic heterocycles. The van der Waals surface area contributed by atoms with Gasteiger partial charge >= 0.3 is 0 Å². The minimum atomic E-state index is 0.570.